The summed E-state index contributed by atoms with van der Waals surface area (Å²) in [5.74, 6) is -0.218. The third-order valence-electron chi connectivity index (χ3n) is 8.99. The first kappa shape index (κ1) is 36.7. The molecule has 0 saturated heterocycles. The maximum absolute atomic E-state index is 14.8. The van der Waals surface area contributed by atoms with Crippen LogP contribution in [0, 0.1) is 6.92 Å². The largest absolute Gasteiger partial charge is 0.493 e. The molecule has 2 amide bonds. The summed E-state index contributed by atoms with van der Waals surface area (Å²) in [6.45, 7) is 1.48. The van der Waals surface area contributed by atoms with Gasteiger partial charge in [0, 0.05) is 30.1 Å². The van der Waals surface area contributed by atoms with E-state index in [-0.39, 0.29) is 41.2 Å². The van der Waals surface area contributed by atoms with E-state index in [2.05, 4.69) is 5.32 Å². The second-order valence-corrected chi connectivity index (χ2v) is 14.9. The number of carbonyl (C=O) groups excluding carboxylic acids is 2. The number of carbonyl (C=O) groups is 2. The fraction of sp³-hybridized carbons (Fsp3) is 0.333. The number of rotatable bonds is 14. The van der Waals surface area contributed by atoms with Crippen molar-refractivity contribution in [1.29, 1.82) is 0 Å². The molecule has 4 aromatic rings. The van der Waals surface area contributed by atoms with Crippen LogP contribution in [-0.4, -0.2) is 58.0 Å². The molecule has 50 heavy (non-hydrogen) atoms. The molecule has 0 radical (unpaired) electrons. The first-order valence-electron chi connectivity index (χ1n) is 16.8. The molecule has 1 saturated carbocycles. The van der Waals surface area contributed by atoms with Crippen LogP contribution in [0.4, 0.5) is 5.69 Å². The number of ether oxygens (including phenoxy) is 2. The van der Waals surface area contributed by atoms with Crippen molar-refractivity contribution in [3.8, 4) is 11.5 Å². The summed E-state index contributed by atoms with van der Waals surface area (Å²) in [5, 5.41) is 3.65. The highest BCUT2D eigenvalue weighted by atomic mass is 35.5. The van der Waals surface area contributed by atoms with Gasteiger partial charge in [0.05, 0.1) is 24.8 Å². The molecule has 264 valence electrons. The van der Waals surface area contributed by atoms with E-state index < -0.39 is 28.5 Å². The topological polar surface area (TPSA) is 105 Å². The Balaban J connectivity index is 1.58. The van der Waals surface area contributed by atoms with Crippen LogP contribution >= 0.6 is 11.6 Å². The number of methoxy groups -OCH3 is 2. The lowest BCUT2D eigenvalue weighted by atomic mass is 9.94. The van der Waals surface area contributed by atoms with E-state index in [9.17, 15) is 18.0 Å². The zero-order valence-corrected chi connectivity index (χ0v) is 30.3. The molecule has 11 heteroatoms. The number of sulfonamides is 1. The summed E-state index contributed by atoms with van der Waals surface area (Å²) in [4.78, 5) is 30.5. The molecule has 0 aliphatic heterocycles. The van der Waals surface area contributed by atoms with Crippen LogP contribution in [0.2, 0.25) is 5.02 Å². The van der Waals surface area contributed by atoms with Crippen molar-refractivity contribution in [3.63, 3.8) is 0 Å². The number of nitrogens with zero attached hydrogens (tertiary/aromatic N) is 2. The summed E-state index contributed by atoms with van der Waals surface area (Å²) >= 11 is 6.20. The number of hydrogen-bond acceptors (Lipinski definition) is 6. The molecule has 0 bridgehead atoms. The molecule has 4 aromatic carbocycles. The van der Waals surface area contributed by atoms with Gasteiger partial charge in [-0.05, 0) is 67.3 Å². The Bertz CT molecular complexity index is 1860. The molecule has 1 aliphatic carbocycles. The summed E-state index contributed by atoms with van der Waals surface area (Å²) in [6, 6.07) is 26.9. The van der Waals surface area contributed by atoms with Gasteiger partial charge in [-0.15, -0.1) is 0 Å². The molecule has 5 rings (SSSR count). The minimum Gasteiger partial charge on any atom is -0.493 e. The van der Waals surface area contributed by atoms with Crippen molar-refractivity contribution in [2.45, 2.75) is 69.0 Å². The lowest BCUT2D eigenvalue weighted by molar-refractivity contribution is -0.140. The standard InChI is InChI=1S/C39H44ClN3O6S/c1-28-11-10-14-30(23-28)26-42(35(24-29-12-6-4-7-13-29)39(45)41-32-15-8-5-9-16-32)38(44)27-43(33-19-17-31(40)18-20-33)50(46,47)34-21-22-36(48-2)37(25-34)49-3/h4,6-7,10-14,17-23,25,32,35H,5,8-9,15-16,24,26-27H2,1-3H3,(H,41,45)/t35-/m1/s1. The summed E-state index contributed by atoms with van der Waals surface area (Å²) < 4.78 is 40.7. The van der Waals surface area contributed by atoms with Gasteiger partial charge in [0.2, 0.25) is 11.8 Å². The van der Waals surface area contributed by atoms with Gasteiger partial charge in [0.15, 0.2) is 11.5 Å². The summed E-state index contributed by atoms with van der Waals surface area (Å²) in [6.07, 6.45) is 5.20. The molecule has 1 atom stereocenters. The summed E-state index contributed by atoms with van der Waals surface area (Å²) in [5.41, 5.74) is 2.94. The molecule has 1 N–H and O–H groups in total. The van der Waals surface area contributed by atoms with Crippen molar-refractivity contribution >= 4 is 39.1 Å². The number of aryl methyl sites for hydroxylation is 1. The zero-order chi connectivity index (χ0) is 35.7. The SMILES string of the molecule is COc1ccc(S(=O)(=O)N(CC(=O)N(Cc2cccc(C)c2)[C@H](Cc2ccccc2)C(=O)NC2CCCCC2)c2ccc(Cl)cc2)cc1OC. The quantitative estimate of drug-likeness (QED) is 0.151. The highest BCUT2D eigenvalue weighted by Gasteiger charge is 2.35. The first-order valence-corrected chi connectivity index (χ1v) is 18.6. The van der Waals surface area contributed by atoms with Gasteiger partial charge in [-0.2, -0.15) is 0 Å². The van der Waals surface area contributed by atoms with Crippen LogP contribution in [-0.2, 0) is 32.6 Å². The Morgan fingerprint density at radius 3 is 2.18 bits per heavy atom. The van der Waals surface area contributed by atoms with E-state index in [1.165, 1.54) is 37.3 Å². The maximum Gasteiger partial charge on any atom is 0.264 e. The average molecular weight is 718 g/mol. The lowest BCUT2D eigenvalue weighted by Crippen LogP contribution is -2.55. The molecule has 0 heterocycles. The predicted molar refractivity (Wildman–Crippen MR) is 196 cm³/mol. The van der Waals surface area contributed by atoms with Gasteiger partial charge in [-0.1, -0.05) is 91.0 Å². The average Bonchev–Trinajstić information content (AvgIpc) is 3.12. The van der Waals surface area contributed by atoms with Crippen molar-refractivity contribution in [2.75, 3.05) is 25.1 Å². The van der Waals surface area contributed by atoms with E-state index >= 15 is 0 Å². The molecule has 0 unspecified atom stereocenters. The monoisotopic (exact) mass is 717 g/mol. The van der Waals surface area contributed by atoms with Crippen molar-refractivity contribution < 1.29 is 27.5 Å². The molecule has 9 nitrogen and oxygen atoms in total. The number of nitrogens with one attached hydrogen (secondary N) is 1. The molecular formula is C39H44ClN3O6S. The van der Waals surface area contributed by atoms with E-state index in [0.29, 0.717) is 10.8 Å². The Kier molecular flexibility index (Phi) is 12.4. The van der Waals surface area contributed by atoms with Gasteiger partial charge in [-0.25, -0.2) is 8.42 Å². The minimum atomic E-state index is -4.35. The Morgan fingerprint density at radius 2 is 1.52 bits per heavy atom. The van der Waals surface area contributed by atoms with Gasteiger partial charge < -0.3 is 19.7 Å². The zero-order valence-electron chi connectivity index (χ0n) is 28.7. The highest BCUT2D eigenvalue weighted by Crippen LogP contribution is 2.33. The van der Waals surface area contributed by atoms with Crippen molar-refractivity contribution in [3.05, 3.63) is 119 Å². The van der Waals surface area contributed by atoms with Crippen LogP contribution in [0.15, 0.2) is 102 Å². The van der Waals surface area contributed by atoms with E-state index in [0.717, 1.165) is 53.1 Å². The highest BCUT2D eigenvalue weighted by molar-refractivity contribution is 7.92. The number of hydrogen-bond donors (Lipinski definition) is 1. The fourth-order valence-corrected chi connectivity index (χ4v) is 7.90. The van der Waals surface area contributed by atoms with E-state index in [4.69, 9.17) is 21.1 Å². The smallest absolute Gasteiger partial charge is 0.264 e. The van der Waals surface area contributed by atoms with Crippen LogP contribution in [0.1, 0.15) is 48.8 Å². The molecule has 0 spiro atoms. The van der Waals surface area contributed by atoms with E-state index in [1.807, 2.05) is 61.5 Å². The molecule has 1 fully saturated rings. The number of halogens is 1. The van der Waals surface area contributed by atoms with Crippen LogP contribution in [0.5, 0.6) is 11.5 Å². The molecular weight excluding hydrogens is 674 g/mol. The number of anilines is 1. The molecule has 0 aromatic heterocycles. The predicted octanol–water partition coefficient (Wildman–Crippen LogP) is 6.95. The van der Waals surface area contributed by atoms with E-state index in [1.54, 1.807) is 24.3 Å². The number of amides is 2. The van der Waals surface area contributed by atoms with Crippen molar-refractivity contribution in [1.82, 2.24) is 10.2 Å². The van der Waals surface area contributed by atoms with Gasteiger partial charge in [0.25, 0.3) is 10.0 Å². The Hall–Kier alpha value is -4.54. The van der Waals surface area contributed by atoms with Gasteiger partial charge in [-0.3, -0.25) is 13.9 Å². The molecule has 1 aliphatic rings. The Labute approximate surface area is 300 Å². The van der Waals surface area contributed by atoms with Crippen LogP contribution in [0.25, 0.3) is 0 Å². The summed E-state index contributed by atoms with van der Waals surface area (Å²) in [7, 11) is -1.47. The van der Waals surface area contributed by atoms with Crippen molar-refractivity contribution in [2.24, 2.45) is 0 Å². The third kappa shape index (κ3) is 9.17. The van der Waals surface area contributed by atoms with Crippen LogP contribution in [0.3, 0.4) is 0 Å². The normalized spacial score (nSPS) is 14.0. The van der Waals surface area contributed by atoms with Gasteiger partial charge in [0.1, 0.15) is 12.6 Å². The first-order chi connectivity index (χ1) is 24.1. The second-order valence-electron chi connectivity index (χ2n) is 12.6. The minimum absolute atomic E-state index is 0.0152. The number of benzene rings is 4. The van der Waals surface area contributed by atoms with Gasteiger partial charge >= 0.3 is 0 Å². The lowest BCUT2D eigenvalue weighted by Gasteiger charge is -2.35. The fourth-order valence-electron chi connectivity index (χ4n) is 6.35. The second kappa shape index (κ2) is 16.9. The Morgan fingerprint density at radius 1 is 0.840 bits per heavy atom. The van der Waals surface area contributed by atoms with Crippen LogP contribution < -0.4 is 19.1 Å². The maximum atomic E-state index is 14.8. The third-order valence-corrected chi connectivity index (χ3v) is 11.0.